The van der Waals surface area contributed by atoms with Gasteiger partial charge in [0.05, 0.1) is 5.33 Å². The van der Waals surface area contributed by atoms with E-state index in [9.17, 15) is 13.2 Å². The predicted molar refractivity (Wildman–Crippen MR) is 59.0 cm³/mol. The Bertz CT molecular complexity index is 390. The lowest BCUT2D eigenvalue weighted by molar-refractivity contribution is -0.0328. The van der Waals surface area contributed by atoms with Crippen LogP contribution in [0, 0.1) is 11.8 Å². The second-order valence-electron chi connectivity index (χ2n) is 2.51. The van der Waals surface area contributed by atoms with Gasteiger partial charge in [0.1, 0.15) is 0 Å². The third-order valence-corrected chi connectivity index (χ3v) is 2.37. The van der Waals surface area contributed by atoms with Crippen LogP contribution >= 0.6 is 27.7 Å². The minimum atomic E-state index is -4.25. The summed E-state index contributed by atoms with van der Waals surface area (Å²) in [5.41, 5.74) is -3.66. The summed E-state index contributed by atoms with van der Waals surface area (Å²) in [6, 6.07) is 6.08. The van der Waals surface area contributed by atoms with Gasteiger partial charge in [-0.05, 0) is 30.0 Å². The van der Waals surface area contributed by atoms with Gasteiger partial charge in [-0.2, -0.15) is 13.2 Å². The highest BCUT2D eigenvalue weighted by Crippen LogP contribution is 2.36. The lowest BCUT2D eigenvalue weighted by Gasteiger charge is -2.04. The molecular formula is C10H6BrF3S. The molecule has 0 aromatic heterocycles. The van der Waals surface area contributed by atoms with Gasteiger partial charge in [0.15, 0.2) is 0 Å². The van der Waals surface area contributed by atoms with Crippen molar-refractivity contribution in [2.75, 3.05) is 5.33 Å². The summed E-state index contributed by atoms with van der Waals surface area (Å²) in [5.74, 6) is 5.47. The van der Waals surface area contributed by atoms with Crippen LogP contribution in [0.5, 0.6) is 0 Å². The van der Waals surface area contributed by atoms with Crippen molar-refractivity contribution in [3.63, 3.8) is 0 Å². The Balaban J connectivity index is 2.83. The van der Waals surface area contributed by atoms with Crippen LogP contribution in [0.3, 0.4) is 0 Å². The molecule has 0 N–H and O–H groups in total. The highest BCUT2D eigenvalue weighted by atomic mass is 79.9. The van der Waals surface area contributed by atoms with Gasteiger partial charge in [-0.15, -0.1) is 0 Å². The number of hydrogen-bond donors (Lipinski definition) is 0. The minimum absolute atomic E-state index is 0.131. The molecule has 0 aliphatic carbocycles. The second-order valence-corrected chi connectivity index (χ2v) is 4.21. The first-order valence-electron chi connectivity index (χ1n) is 3.92. The standard InChI is InChI=1S/C10H6BrF3S/c11-6-2-4-8-3-1-5-9(7-8)15-10(12,13)14/h1,3,5,7H,6H2. The van der Waals surface area contributed by atoms with Crippen LogP contribution in [0.1, 0.15) is 5.56 Å². The summed E-state index contributed by atoms with van der Waals surface area (Å²) in [5, 5.41) is 0.504. The number of rotatable bonds is 1. The van der Waals surface area contributed by atoms with Crippen LogP contribution in [-0.2, 0) is 0 Å². The number of thioether (sulfide) groups is 1. The van der Waals surface area contributed by atoms with Crippen molar-refractivity contribution in [1.29, 1.82) is 0 Å². The van der Waals surface area contributed by atoms with E-state index in [1.807, 2.05) is 0 Å². The molecule has 0 spiro atoms. The van der Waals surface area contributed by atoms with Crippen LogP contribution in [0.15, 0.2) is 29.2 Å². The fourth-order valence-corrected chi connectivity index (χ4v) is 1.65. The monoisotopic (exact) mass is 294 g/mol. The Kier molecular flexibility index (Phi) is 4.55. The highest BCUT2D eigenvalue weighted by Gasteiger charge is 2.29. The molecule has 0 radical (unpaired) electrons. The number of halogens is 4. The average Bonchev–Trinajstić information content (AvgIpc) is 2.12. The number of benzene rings is 1. The molecule has 15 heavy (non-hydrogen) atoms. The summed E-state index contributed by atoms with van der Waals surface area (Å²) in [7, 11) is 0. The van der Waals surface area contributed by atoms with Gasteiger partial charge in [0, 0.05) is 10.5 Å². The molecule has 5 heteroatoms. The SMILES string of the molecule is FC(F)(F)Sc1cccc(C#CCBr)c1. The molecular weight excluding hydrogens is 289 g/mol. The lowest BCUT2D eigenvalue weighted by Crippen LogP contribution is -1.98. The van der Waals surface area contributed by atoms with E-state index in [1.54, 1.807) is 12.1 Å². The average molecular weight is 295 g/mol. The van der Waals surface area contributed by atoms with Gasteiger partial charge in [-0.25, -0.2) is 0 Å². The van der Waals surface area contributed by atoms with Crippen molar-refractivity contribution < 1.29 is 13.2 Å². The normalized spacial score (nSPS) is 10.7. The second kappa shape index (κ2) is 5.47. The lowest BCUT2D eigenvalue weighted by atomic mass is 10.2. The Morgan fingerprint density at radius 3 is 2.67 bits per heavy atom. The van der Waals surface area contributed by atoms with Crippen molar-refractivity contribution in [3.8, 4) is 11.8 Å². The van der Waals surface area contributed by atoms with Gasteiger partial charge in [-0.3, -0.25) is 0 Å². The van der Waals surface area contributed by atoms with Crippen molar-refractivity contribution >= 4 is 27.7 Å². The molecule has 0 atom stereocenters. The molecule has 0 saturated carbocycles. The molecule has 0 saturated heterocycles. The summed E-state index contributed by atoms with van der Waals surface area (Å²) in [6.07, 6.45) is 0. The summed E-state index contributed by atoms with van der Waals surface area (Å²) < 4.78 is 36.1. The van der Waals surface area contributed by atoms with E-state index in [4.69, 9.17) is 0 Å². The Hall–Kier alpha value is -0.600. The third-order valence-electron chi connectivity index (χ3n) is 1.37. The van der Waals surface area contributed by atoms with Crippen molar-refractivity contribution in [2.24, 2.45) is 0 Å². The molecule has 0 fully saturated rings. The van der Waals surface area contributed by atoms with Crippen LogP contribution in [-0.4, -0.2) is 10.8 Å². The first-order valence-corrected chi connectivity index (χ1v) is 5.86. The predicted octanol–water partition coefficient (Wildman–Crippen LogP) is 4.04. The van der Waals surface area contributed by atoms with E-state index >= 15 is 0 Å². The Morgan fingerprint density at radius 2 is 2.07 bits per heavy atom. The van der Waals surface area contributed by atoms with Gasteiger partial charge in [0.25, 0.3) is 0 Å². The fourth-order valence-electron chi connectivity index (χ4n) is 0.906. The first kappa shape index (κ1) is 12.5. The Morgan fingerprint density at radius 1 is 1.33 bits per heavy atom. The molecule has 0 aliphatic rings. The third kappa shape index (κ3) is 5.14. The van der Waals surface area contributed by atoms with Crippen molar-refractivity contribution in [2.45, 2.75) is 10.4 Å². The zero-order chi connectivity index (χ0) is 11.3. The van der Waals surface area contributed by atoms with E-state index in [2.05, 4.69) is 27.8 Å². The van der Waals surface area contributed by atoms with Gasteiger partial charge in [-0.1, -0.05) is 33.8 Å². The molecule has 0 amide bonds. The minimum Gasteiger partial charge on any atom is -0.160 e. The van der Waals surface area contributed by atoms with E-state index in [1.165, 1.54) is 12.1 Å². The molecule has 1 aromatic carbocycles. The van der Waals surface area contributed by atoms with Crippen molar-refractivity contribution in [1.82, 2.24) is 0 Å². The fraction of sp³-hybridized carbons (Fsp3) is 0.200. The summed E-state index contributed by atoms with van der Waals surface area (Å²) in [6.45, 7) is 0. The maximum Gasteiger partial charge on any atom is 0.446 e. The quantitative estimate of drug-likeness (QED) is 0.428. The molecule has 0 nitrogen and oxygen atoms in total. The highest BCUT2D eigenvalue weighted by molar-refractivity contribution is 9.09. The molecule has 0 heterocycles. The van der Waals surface area contributed by atoms with Crippen molar-refractivity contribution in [3.05, 3.63) is 29.8 Å². The van der Waals surface area contributed by atoms with Crippen LogP contribution < -0.4 is 0 Å². The first-order chi connectivity index (χ1) is 7.01. The summed E-state index contributed by atoms with van der Waals surface area (Å²) in [4.78, 5) is 0.156. The van der Waals surface area contributed by atoms with E-state index in [-0.39, 0.29) is 16.7 Å². The molecule has 1 aromatic rings. The molecule has 1 rings (SSSR count). The van der Waals surface area contributed by atoms with Crippen LogP contribution in [0.4, 0.5) is 13.2 Å². The largest absolute Gasteiger partial charge is 0.446 e. The van der Waals surface area contributed by atoms with Crippen LogP contribution in [0.25, 0.3) is 0 Å². The maximum atomic E-state index is 12.0. The van der Waals surface area contributed by atoms with E-state index in [0.717, 1.165) is 0 Å². The van der Waals surface area contributed by atoms with E-state index in [0.29, 0.717) is 10.9 Å². The van der Waals surface area contributed by atoms with E-state index < -0.39 is 5.51 Å². The number of alkyl halides is 4. The molecule has 0 aliphatic heterocycles. The van der Waals surface area contributed by atoms with Gasteiger partial charge in [0.2, 0.25) is 0 Å². The molecule has 0 bridgehead atoms. The maximum absolute atomic E-state index is 12.0. The number of hydrogen-bond acceptors (Lipinski definition) is 1. The summed E-state index contributed by atoms with van der Waals surface area (Å²) >= 11 is 2.98. The molecule has 80 valence electrons. The topological polar surface area (TPSA) is 0 Å². The zero-order valence-corrected chi connectivity index (χ0v) is 9.84. The van der Waals surface area contributed by atoms with Crippen LogP contribution in [0.2, 0.25) is 0 Å². The Labute approximate surface area is 98.4 Å². The zero-order valence-electron chi connectivity index (χ0n) is 7.44. The smallest absolute Gasteiger partial charge is 0.160 e. The molecule has 0 unspecified atom stereocenters. The van der Waals surface area contributed by atoms with Gasteiger partial charge >= 0.3 is 5.51 Å². The van der Waals surface area contributed by atoms with Gasteiger partial charge < -0.3 is 0 Å².